The summed E-state index contributed by atoms with van der Waals surface area (Å²) in [4.78, 5) is 23.0. The predicted octanol–water partition coefficient (Wildman–Crippen LogP) is 10.4. The summed E-state index contributed by atoms with van der Waals surface area (Å²) in [6.07, 6.45) is 13.4. The van der Waals surface area contributed by atoms with Gasteiger partial charge in [0.25, 0.3) is 0 Å². The lowest BCUT2D eigenvalue weighted by Gasteiger charge is -2.15. The second kappa shape index (κ2) is 23.9. The lowest BCUT2D eigenvalue weighted by Crippen LogP contribution is -2.04. The van der Waals surface area contributed by atoms with E-state index in [1.54, 1.807) is 51.7 Å². The third-order valence-electron chi connectivity index (χ3n) is 8.15. The Balaban J connectivity index is 0.000000382. The lowest BCUT2D eigenvalue weighted by molar-refractivity contribution is 0.0485. The summed E-state index contributed by atoms with van der Waals surface area (Å²) in [6, 6.07) is 22.1. The van der Waals surface area contributed by atoms with Crippen LogP contribution in [0.25, 0.3) is 24.3 Å². The highest BCUT2D eigenvalue weighted by Gasteiger charge is 2.13. The van der Waals surface area contributed by atoms with Crippen LogP contribution in [-0.4, -0.2) is 59.4 Å². The van der Waals surface area contributed by atoms with E-state index in [1.165, 1.54) is 25.4 Å². The molecule has 9 nitrogen and oxygen atoms in total. The third kappa shape index (κ3) is 14.5. The lowest BCUT2D eigenvalue weighted by atomic mass is 10.0. The van der Waals surface area contributed by atoms with Crippen molar-refractivity contribution in [3.05, 3.63) is 141 Å². The van der Waals surface area contributed by atoms with Gasteiger partial charge in [-0.3, -0.25) is 0 Å². The van der Waals surface area contributed by atoms with Crippen LogP contribution in [0.15, 0.2) is 96.1 Å². The number of phenolic OH excluding ortho intramolecular Hbond substituents is 1. The van der Waals surface area contributed by atoms with Gasteiger partial charge in [0.05, 0.1) is 39.6 Å². The number of hydrogen-bond donors (Lipinski definition) is 1. The van der Waals surface area contributed by atoms with Gasteiger partial charge in [0, 0.05) is 18.2 Å². The first-order chi connectivity index (χ1) is 26.4. The van der Waals surface area contributed by atoms with Crippen molar-refractivity contribution >= 4 is 48.6 Å². The quantitative estimate of drug-likeness (QED) is 0.0545. The molecule has 0 atom stereocenters. The zero-order valence-corrected chi connectivity index (χ0v) is 34.5. The fourth-order valence-corrected chi connectivity index (χ4v) is 5.17. The number of ether oxygens (including phenoxy) is 6. The van der Waals surface area contributed by atoms with Crippen LogP contribution in [-0.2, 0) is 27.1 Å². The Morgan fingerprint density at radius 3 is 1.39 bits per heavy atom. The fraction of sp³-hybridized carbons (Fsp3) is 0.261. The highest BCUT2D eigenvalue weighted by Crippen LogP contribution is 2.35. The van der Waals surface area contributed by atoms with E-state index in [-0.39, 0.29) is 36.9 Å². The van der Waals surface area contributed by atoms with Gasteiger partial charge in [0.2, 0.25) is 0 Å². The van der Waals surface area contributed by atoms with Crippen molar-refractivity contribution in [1.29, 1.82) is 0 Å². The first kappa shape index (κ1) is 46.4. The normalized spacial score (nSPS) is 10.4. The topological polar surface area (TPSA) is 110 Å². The molecule has 0 spiro atoms. The molecule has 0 bridgehead atoms. The summed E-state index contributed by atoms with van der Waals surface area (Å²) in [5.74, 6) is 1.26. The maximum absolute atomic E-state index is 11.5. The molecule has 0 aliphatic carbocycles. The van der Waals surface area contributed by atoms with Gasteiger partial charge in [0.15, 0.2) is 29.8 Å². The average molecular weight is 785 g/mol. The number of hydrogen-bond acceptors (Lipinski definition) is 9. The zero-order valence-electron chi connectivity index (χ0n) is 33.6. The summed E-state index contributed by atoms with van der Waals surface area (Å²) in [5.41, 5.74) is 9.13. The molecule has 4 aromatic carbocycles. The van der Waals surface area contributed by atoms with Gasteiger partial charge in [0.1, 0.15) is 0 Å². The number of phenols is 1. The monoisotopic (exact) mass is 784 g/mol. The molecule has 298 valence electrons. The number of aromatic hydroxyl groups is 1. The molecule has 0 fully saturated rings. The number of rotatable bonds is 15. The zero-order chi connectivity index (χ0) is 40.3. The van der Waals surface area contributed by atoms with Crippen molar-refractivity contribution < 1.29 is 43.1 Å². The molecule has 0 aromatic heterocycles. The number of carbonyl (C=O) groups is 2. The molecule has 56 heavy (non-hydrogen) atoms. The summed E-state index contributed by atoms with van der Waals surface area (Å²) in [7, 11) is 7.49. The molecule has 4 aromatic rings. The second-order valence-corrected chi connectivity index (χ2v) is 12.9. The Morgan fingerprint density at radius 2 is 0.982 bits per heavy atom. The molecule has 1 N–H and O–H groups in total. The largest absolute Gasteiger partial charge is 0.504 e. The second-order valence-electron chi connectivity index (χ2n) is 12.9. The first-order valence-corrected chi connectivity index (χ1v) is 17.6. The number of esters is 2. The molecule has 0 heterocycles. The average Bonchev–Trinajstić information content (AvgIpc) is 3.20. The molecule has 0 radical (unpaired) electrons. The van der Waals surface area contributed by atoms with Crippen LogP contribution < -0.4 is 14.2 Å². The van der Waals surface area contributed by atoms with Gasteiger partial charge in [-0.15, -0.1) is 12.4 Å². The maximum atomic E-state index is 11.5. The minimum atomic E-state index is -0.354. The van der Waals surface area contributed by atoms with E-state index in [9.17, 15) is 14.7 Å². The molecule has 10 heteroatoms. The van der Waals surface area contributed by atoms with Crippen molar-refractivity contribution in [2.75, 3.05) is 42.3 Å². The number of allylic oxidation sites excluding steroid dienone is 4. The van der Waals surface area contributed by atoms with E-state index in [0.29, 0.717) is 34.8 Å². The fourth-order valence-electron chi connectivity index (χ4n) is 5.17. The highest BCUT2D eigenvalue weighted by molar-refractivity contribution is 5.90. The van der Waals surface area contributed by atoms with E-state index >= 15 is 0 Å². The Kier molecular flexibility index (Phi) is 19.8. The van der Waals surface area contributed by atoms with Gasteiger partial charge < -0.3 is 33.5 Å². The molecule has 0 aliphatic heterocycles. The maximum Gasteiger partial charge on any atom is 0.337 e. The molecule has 4 rings (SSSR count). The number of benzene rings is 4. The Hall–Kier alpha value is -5.77. The third-order valence-corrected chi connectivity index (χ3v) is 8.15. The van der Waals surface area contributed by atoms with Crippen LogP contribution in [0.1, 0.15) is 81.8 Å². The van der Waals surface area contributed by atoms with Gasteiger partial charge in [-0.25, -0.2) is 9.59 Å². The van der Waals surface area contributed by atoms with Crippen LogP contribution in [0, 0.1) is 0 Å². The van der Waals surface area contributed by atoms with Crippen LogP contribution in [0.3, 0.4) is 0 Å². The molecular formula is C46H53ClO9. The summed E-state index contributed by atoms with van der Waals surface area (Å²) < 4.78 is 31.1. The molecule has 0 saturated carbocycles. The van der Waals surface area contributed by atoms with Crippen molar-refractivity contribution in [2.24, 2.45) is 0 Å². The van der Waals surface area contributed by atoms with Gasteiger partial charge in [-0.05, 0) is 111 Å². The van der Waals surface area contributed by atoms with E-state index in [1.807, 2.05) is 74.5 Å². The SMILES string of the molecule is COC(=O)c1ccc(C=Cc2cc(CC=C(C)C)c(O)c(OC)c2)cc1.COCOc1c(CC=C(C)C)cc(C=Cc2ccc(C(=O)OC)cc2)cc1OC.Cl. The van der Waals surface area contributed by atoms with Crippen molar-refractivity contribution in [1.82, 2.24) is 0 Å². The van der Waals surface area contributed by atoms with Crippen molar-refractivity contribution in [3.8, 4) is 23.0 Å². The minimum Gasteiger partial charge on any atom is -0.504 e. The number of carbonyl (C=O) groups excluding carboxylic acids is 2. The standard InChI is InChI=1S/C24H28O5.C22H24O4.ClH/c1-17(2)6-11-21-14-19(15-22(27-4)23(21)29-16-26-3)8-7-18-9-12-20(13-10-18)24(25)28-5;1-15(2)5-10-19-13-17(14-20(25-3)21(19)23)7-6-16-8-11-18(12-9-16)22(24)26-4;/h6-10,12-15H,11,16H2,1-5H3;5-9,11-14,23H,10H2,1-4H3;1H. The Morgan fingerprint density at radius 1 is 0.571 bits per heavy atom. The Bertz CT molecular complexity index is 2000. The smallest absolute Gasteiger partial charge is 0.337 e. The van der Waals surface area contributed by atoms with Crippen LogP contribution >= 0.6 is 12.4 Å². The molecular weight excluding hydrogens is 732 g/mol. The molecule has 0 unspecified atom stereocenters. The van der Waals surface area contributed by atoms with Crippen molar-refractivity contribution in [2.45, 2.75) is 40.5 Å². The number of methoxy groups -OCH3 is 5. The first-order valence-electron chi connectivity index (χ1n) is 17.6. The Labute approximate surface area is 337 Å². The summed E-state index contributed by atoms with van der Waals surface area (Å²) >= 11 is 0. The predicted molar refractivity (Wildman–Crippen MR) is 227 cm³/mol. The molecule has 0 saturated heterocycles. The van der Waals surface area contributed by atoms with E-state index in [0.717, 1.165) is 39.8 Å². The van der Waals surface area contributed by atoms with Crippen LogP contribution in [0.2, 0.25) is 0 Å². The van der Waals surface area contributed by atoms with Gasteiger partial charge in [-0.1, -0.05) is 71.9 Å². The van der Waals surface area contributed by atoms with Crippen molar-refractivity contribution in [3.63, 3.8) is 0 Å². The van der Waals surface area contributed by atoms with Crippen LogP contribution in [0.5, 0.6) is 23.0 Å². The van der Waals surface area contributed by atoms with Gasteiger partial charge in [-0.2, -0.15) is 0 Å². The summed E-state index contributed by atoms with van der Waals surface area (Å²) in [6.45, 7) is 8.33. The molecule has 0 aliphatic rings. The van der Waals surface area contributed by atoms with E-state index < -0.39 is 0 Å². The van der Waals surface area contributed by atoms with E-state index in [4.69, 9.17) is 28.4 Å². The minimum absolute atomic E-state index is 0. The number of halogens is 1. The van der Waals surface area contributed by atoms with Gasteiger partial charge >= 0.3 is 11.9 Å². The highest BCUT2D eigenvalue weighted by atomic mass is 35.5. The van der Waals surface area contributed by atoms with Crippen LogP contribution in [0.4, 0.5) is 0 Å². The molecule has 0 amide bonds. The van der Waals surface area contributed by atoms with E-state index in [2.05, 4.69) is 32.1 Å². The summed E-state index contributed by atoms with van der Waals surface area (Å²) in [5, 5.41) is 10.3.